The molecule has 1 fully saturated rings. The molecule has 3 heterocycles. The second-order valence-corrected chi connectivity index (χ2v) is 8.51. The van der Waals surface area contributed by atoms with Crippen LogP contribution in [0.1, 0.15) is 37.8 Å². The molecule has 8 nitrogen and oxygen atoms in total. The highest BCUT2D eigenvalue weighted by Gasteiger charge is 2.38. The summed E-state index contributed by atoms with van der Waals surface area (Å²) in [5, 5.41) is 0.581. The van der Waals surface area contributed by atoms with Gasteiger partial charge in [-0.25, -0.2) is 9.78 Å². The largest absolute Gasteiger partial charge is 0.469 e. The number of anilines is 1. The number of amides is 2. The van der Waals surface area contributed by atoms with Crippen molar-refractivity contribution in [2.75, 3.05) is 25.1 Å². The molecule has 9 heteroatoms. The van der Waals surface area contributed by atoms with E-state index in [1.807, 2.05) is 20.8 Å². The summed E-state index contributed by atoms with van der Waals surface area (Å²) in [5.74, 6) is -0.958. The van der Waals surface area contributed by atoms with Gasteiger partial charge in [-0.15, -0.1) is 0 Å². The SMILES string of the molecule is COC(=O)C1CC(=O)N(c2nc3c(s2)CN(C(=O)OC(C)(C)C)CC3)C1. The Morgan fingerprint density at radius 1 is 1.31 bits per heavy atom. The van der Waals surface area contributed by atoms with Crippen LogP contribution in [0.4, 0.5) is 9.93 Å². The third-order valence-corrected chi connectivity index (χ3v) is 5.37. The van der Waals surface area contributed by atoms with E-state index >= 15 is 0 Å². The molecule has 0 N–H and O–H groups in total. The molecule has 0 bridgehead atoms. The highest BCUT2D eigenvalue weighted by Crippen LogP contribution is 2.34. The van der Waals surface area contributed by atoms with Crippen molar-refractivity contribution < 1.29 is 23.9 Å². The van der Waals surface area contributed by atoms with E-state index in [0.717, 1.165) is 10.6 Å². The molecule has 0 spiro atoms. The van der Waals surface area contributed by atoms with Crippen LogP contribution >= 0.6 is 11.3 Å². The van der Waals surface area contributed by atoms with Crippen molar-refractivity contribution in [1.29, 1.82) is 0 Å². The Bertz CT molecular complexity index is 739. The number of hydrogen-bond donors (Lipinski definition) is 0. The molecule has 0 aromatic carbocycles. The van der Waals surface area contributed by atoms with Gasteiger partial charge in [-0.1, -0.05) is 11.3 Å². The number of thiazole rings is 1. The molecule has 1 saturated heterocycles. The van der Waals surface area contributed by atoms with Crippen LogP contribution in [0.3, 0.4) is 0 Å². The van der Waals surface area contributed by atoms with Crippen molar-refractivity contribution in [2.45, 2.75) is 45.8 Å². The molecule has 0 saturated carbocycles. The second kappa shape index (κ2) is 6.86. The number of methoxy groups -OCH3 is 1. The topological polar surface area (TPSA) is 89.0 Å². The van der Waals surface area contributed by atoms with Gasteiger partial charge in [-0.05, 0) is 20.8 Å². The van der Waals surface area contributed by atoms with Gasteiger partial charge in [0.2, 0.25) is 5.91 Å². The minimum Gasteiger partial charge on any atom is -0.469 e. The predicted molar refractivity (Wildman–Crippen MR) is 94.9 cm³/mol. The fraction of sp³-hybridized carbons (Fsp3) is 0.647. The monoisotopic (exact) mass is 381 g/mol. The third-order valence-electron chi connectivity index (χ3n) is 4.26. The van der Waals surface area contributed by atoms with Gasteiger partial charge in [0.1, 0.15) is 5.60 Å². The quantitative estimate of drug-likeness (QED) is 0.728. The Morgan fingerprint density at radius 2 is 2.04 bits per heavy atom. The Balaban J connectivity index is 1.71. The minimum absolute atomic E-state index is 0.129. The Hall–Kier alpha value is -2.16. The van der Waals surface area contributed by atoms with Gasteiger partial charge in [-0.3, -0.25) is 14.5 Å². The molecule has 0 aliphatic carbocycles. The first-order valence-corrected chi connectivity index (χ1v) is 9.34. The molecular weight excluding hydrogens is 358 g/mol. The van der Waals surface area contributed by atoms with E-state index in [2.05, 4.69) is 4.98 Å². The van der Waals surface area contributed by atoms with Gasteiger partial charge in [0, 0.05) is 30.8 Å². The molecule has 2 aliphatic rings. The summed E-state index contributed by atoms with van der Waals surface area (Å²) >= 11 is 1.39. The maximum absolute atomic E-state index is 12.3. The summed E-state index contributed by atoms with van der Waals surface area (Å²) in [5.41, 5.74) is 0.361. The number of ether oxygens (including phenoxy) is 2. The Labute approximate surface area is 156 Å². The number of rotatable bonds is 2. The number of aromatic nitrogens is 1. The summed E-state index contributed by atoms with van der Waals surface area (Å²) in [4.78, 5) is 44.9. The first kappa shape index (κ1) is 18.6. The molecule has 26 heavy (non-hydrogen) atoms. The maximum Gasteiger partial charge on any atom is 0.410 e. The second-order valence-electron chi connectivity index (χ2n) is 7.45. The van der Waals surface area contributed by atoms with Gasteiger partial charge in [0.25, 0.3) is 0 Å². The zero-order valence-electron chi connectivity index (χ0n) is 15.4. The fourth-order valence-corrected chi connectivity index (χ4v) is 4.15. The number of nitrogens with zero attached hydrogens (tertiary/aromatic N) is 3. The van der Waals surface area contributed by atoms with Crippen LogP contribution in [0.2, 0.25) is 0 Å². The summed E-state index contributed by atoms with van der Waals surface area (Å²) in [6.45, 7) is 6.74. The van der Waals surface area contributed by atoms with Crippen LogP contribution in [0.5, 0.6) is 0 Å². The number of fused-ring (bicyclic) bond motifs is 1. The van der Waals surface area contributed by atoms with Crippen LogP contribution < -0.4 is 4.90 Å². The van der Waals surface area contributed by atoms with Crippen LogP contribution in [0, 0.1) is 5.92 Å². The van der Waals surface area contributed by atoms with E-state index in [9.17, 15) is 14.4 Å². The van der Waals surface area contributed by atoms with E-state index in [-0.39, 0.29) is 30.9 Å². The van der Waals surface area contributed by atoms with E-state index in [1.54, 1.807) is 9.80 Å². The molecule has 1 aromatic rings. The van der Waals surface area contributed by atoms with E-state index < -0.39 is 11.5 Å². The van der Waals surface area contributed by atoms with E-state index in [4.69, 9.17) is 9.47 Å². The first-order valence-electron chi connectivity index (χ1n) is 8.52. The Kier molecular flexibility index (Phi) is 4.92. The third kappa shape index (κ3) is 3.82. The van der Waals surface area contributed by atoms with Crippen molar-refractivity contribution >= 4 is 34.4 Å². The van der Waals surface area contributed by atoms with Crippen molar-refractivity contribution in [3.05, 3.63) is 10.6 Å². The van der Waals surface area contributed by atoms with Crippen LogP contribution in [0.25, 0.3) is 0 Å². The molecule has 0 radical (unpaired) electrons. The minimum atomic E-state index is -0.541. The average Bonchev–Trinajstić information content (AvgIpc) is 3.14. The van der Waals surface area contributed by atoms with Crippen molar-refractivity contribution in [3.8, 4) is 0 Å². The number of esters is 1. The molecule has 142 valence electrons. The molecule has 2 amide bonds. The number of carbonyl (C=O) groups excluding carboxylic acids is 3. The predicted octanol–water partition coefficient (Wildman–Crippen LogP) is 1.96. The molecular formula is C17H23N3O5S. The van der Waals surface area contributed by atoms with E-state index in [1.165, 1.54) is 18.4 Å². The lowest BCUT2D eigenvalue weighted by Crippen LogP contribution is -2.39. The number of hydrogen-bond acceptors (Lipinski definition) is 7. The fourth-order valence-electron chi connectivity index (χ4n) is 3.00. The van der Waals surface area contributed by atoms with Crippen molar-refractivity contribution in [3.63, 3.8) is 0 Å². The zero-order valence-corrected chi connectivity index (χ0v) is 16.2. The molecule has 1 unspecified atom stereocenters. The zero-order chi connectivity index (χ0) is 19.1. The smallest absolute Gasteiger partial charge is 0.410 e. The van der Waals surface area contributed by atoms with Gasteiger partial charge >= 0.3 is 12.1 Å². The average molecular weight is 381 g/mol. The van der Waals surface area contributed by atoms with E-state index in [0.29, 0.717) is 24.6 Å². The summed E-state index contributed by atoms with van der Waals surface area (Å²) in [7, 11) is 1.32. The Morgan fingerprint density at radius 3 is 2.69 bits per heavy atom. The maximum atomic E-state index is 12.3. The van der Waals surface area contributed by atoms with Gasteiger partial charge in [0.05, 0.1) is 25.3 Å². The summed E-state index contributed by atoms with van der Waals surface area (Å²) < 4.78 is 10.2. The lowest BCUT2D eigenvalue weighted by molar-refractivity contribution is -0.145. The van der Waals surface area contributed by atoms with Crippen molar-refractivity contribution in [1.82, 2.24) is 9.88 Å². The number of carbonyl (C=O) groups is 3. The highest BCUT2D eigenvalue weighted by molar-refractivity contribution is 7.16. The highest BCUT2D eigenvalue weighted by atomic mass is 32.1. The molecule has 2 aliphatic heterocycles. The van der Waals surface area contributed by atoms with Gasteiger partial charge in [0.15, 0.2) is 5.13 Å². The lowest BCUT2D eigenvalue weighted by atomic mass is 10.1. The van der Waals surface area contributed by atoms with Gasteiger partial charge in [-0.2, -0.15) is 0 Å². The molecule has 1 aromatic heterocycles. The first-order chi connectivity index (χ1) is 12.2. The standard InChI is InChI=1S/C17H23N3O5S/c1-17(2,3)25-16(23)19-6-5-11-12(9-19)26-15(18-11)20-8-10(7-13(20)21)14(22)24-4/h10H,5-9H2,1-4H3. The van der Waals surface area contributed by atoms with Gasteiger partial charge < -0.3 is 14.4 Å². The van der Waals surface area contributed by atoms with Crippen LogP contribution in [0.15, 0.2) is 0 Å². The molecule has 1 atom stereocenters. The van der Waals surface area contributed by atoms with Crippen LogP contribution in [-0.2, 0) is 32.0 Å². The van der Waals surface area contributed by atoms with Crippen LogP contribution in [-0.4, -0.2) is 53.7 Å². The normalized spacial score (nSPS) is 20.2. The summed E-state index contributed by atoms with van der Waals surface area (Å²) in [6.07, 6.45) is 0.412. The summed E-state index contributed by atoms with van der Waals surface area (Å²) in [6, 6.07) is 0. The van der Waals surface area contributed by atoms with Crippen molar-refractivity contribution in [2.24, 2.45) is 5.92 Å². The lowest BCUT2D eigenvalue weighted by Gasteiger charge is -2.29. The molecule has 3 rings (SSSR count).